The maximum absolute atomic E-state index is 4.51. The molecule has 0 radical (unpaired) electrons. The van der Waals surface area contributed by atoms with Gasteiger partial charge in [-0.15, -0.1) is 0 Å². The molecule has 1 nitrogen and oxygen atoms in total. The highest BCUT2D eigenvalue weighted by Crippen LogP contribution is 2.26. The fraction of sp³-hybridized carbons (Fsp3) is 0.857. The van der Waals surface area contributed by atoms with Gasteiger partial charge in [0.1, 0.15) is 0 Å². The van der Waals surface area contributed by atoms with Crippen molar-refractivity contribution in [3.8, 4) is 0 Å². The predicted octanol–water partition coefficient (Wildman–Crippen LogP) is 2.28. The number of aliphatic imine (C=N–C) groups is 1. The molecule has 0 aliphatic heterocycles. The van der Waals surface area contributed by atoms with Gasteiger partial charge in [-0.1, -0.05) is 6.92 Å². The molecule has 50 valence electrons. The van der Waals surface area contributed by atoms with Gasteiger partial charge >= 0.3 is 0 Å². The van der Waals surface area contributed by atoms with E-state index < -0.39 is 0 Å². The summed E-state index contributed by atoms with van der Waals surface area (Å²) in [5.74, 6) is 0.849. The second-order valence-electron chi connectivity index (χ2n) is 2.79. The van der Waals surface area contributed by atoms with E-state index in [1.807, 2.05) is 0 Å². The van der Waals surface area contributed by atoms with Crippen LogP contribution in [0.3, 0.4) is 0 Å². The molecule has 0 spiro atoms. The summed E-state index contributed by atoms with van der Waals surface area (Å²) in [6, 6.07) is 0.498. The first-order valence-corrected chi connectivity index (χ1v) is 3.80. The van der Waals surface area contributed by atoms with Crippen LogP contribution in [-0.2, 0) is 0 Å². The van der Waals surface area contributed by atoms with E-state index in [1.165, 1.54) is 19.3 Å². The number of thiocarbonyl (C=S) groups is 1. The minimum absolute atomic E-state index is 0.498. The largest absolute Gasteiger partial charge is 0.229 e. The average molecular weight is 141 g/mol. The molecule has 0 heterocycles. The Balaban J connectivity index is 2.38. The zero-order valence-corrected chi connectivity index (χ0v) is 6.45. The fourth-order valence-corrected chi connectivity index (χ4v) is 1.52. The Labute approximate surface area is 61.2 Å². The highest BCUT2D eigenvalue weighted by Gasteiger charge is 2.19. The molecule has 0 amide bonds. The number of nitrogens with zero attached hydrogens (tertiary/aromatic N) is 1. The molecular formula is C7H11NS. The molecular weight excluding hydrogens is 130 g/mol. The lowest BCUT2D eigenvalue weighted by atomic mass is 10.1. The summed E-state index contributed by atoms with van der Waals surface area (Å²) in [4.78, 5) is 4.04. The molecule has 0 aromatic heterocycles. The molecule has 2 atom stereocenters. The van der Waals surface area contributed by atoms with Crippen LogP contribution >= 0.6 is 12.2 Å². The monoisotopic (exact) mass is 141 g/mol. The van der Waals surface area contributed by atoms with Gasteiger partial charge in [0.15, 0.2) is 0 Å². The molecule has 0 saturated heterocycles. The van der Waals surface area contributed by atoms with Gasteiger partial charge in [0.2, 0.25) is 0 Å². The van der Waals surface area contributed by atoms with E-state index in [4.69, 9.17) is 0 Å². The van der Waals surface area contributed by atoms with Crippen LogP contribution in [0, 0.1) is 5.92 Å². The van der Waals surface area contributed by atoms with Crippen LogP contribution in [-0.4, -0.2) is 11.2 Å². The van der Waals surface area contributed by atoms with E-state index in [-0.39, 0.29) is 0 Å². The first-order chi connectivity index (χ1) is 4.33. The fourth-order valence-electron chi connectivity index (χ4n) is 1.37. The van der Waals surface area contributed by atoms with Gasteiger partial charge in [-0.3, -0.25) is 0 Å². The van der Waals surface area contributed by atoms with Crippen LogP contribution in [0.5, 0.6) is 0 Å². The number of rotatable bonds is 1. The van der Waals surface area contributed by atoms with Crippen molar-refractivity contribution in [2.45, 2.75) is 32.2 Å². The summed E-state index contributed by atoms with van der Waals surface area (Å²) < 4.78 is 0. The summed E-state index contributed by atoms with van der Waals surface area (Å²) in [7, 11) is 0. The van der Waals surface area contributed by atoms with Crippen molar-refractivity contribution in [2.75, 3.05) is 0 Å². The van der Waals surface area contributed by atoms with Gasteiger partial charge in [0.05, 0.1) is 11.2 Å². The van der Waals surface area contributed by atoms with E-state index in [0.29, 0.717) is 6.04 Å². The van der Waals surface area contributed by atoms with Crippen LogP contribution in [0.15, 0.2) is 4.99 Å². The Morgan fingerprint density at radius 3 is 2.78 bits per heavy atom. The number of isothiocyanates is 1. The van der Waals surface area contributed by atoms with Gasteiger partial charge < -0.3 is 0 Å². The van der Waals surface area contributed by atoms with Crippen LogP contribution in [0.25, 0.3) is 0 Å². The zero-order valence-electron chi connectivity index (χ0n) is 5.63. The Bertz CT molecular complexity index is 138. The summed E-state index contributed by atoms with van der Waals surface area (Å²) in [5, 5.41) is 2.44. The average Bonchev–Trinajstić information content (AvgIpc) is 2.17. The Morgan fingerprint density at radius 1 is 1.56 bits per heavy atom. The number of hydrogen-bond donors (Lipinski definition) is 0. The summed E-state index contributed by atoms with van der Waals surface area (Å²) in [6.45, 7) is 2.26. The normalized spacial score (nSPS) is 33.9. The standard InChI is InChI=1S/C7H11NS/c1-6-2-3-7(4-6)8-5-9/h6-7H,2-4H2,1H3. The quantitative estimate of drug-likeness (QED) is 0.403. The van der Waals surface area contributed by atoms with Crippen molar-refractivity contribution in [2.24, 2.45) is 10.9 Å². The lowest BCUT2D eigenvalue weighted by Crippen LogP contribution is -1.95. The van der Waals surface area contributed by atoms with Crippen molar-refractivity contribution in [3.05, 3.63) is 0 Å². The summed E-state index contributed by atoms with van der Waals surface area (Å²) in [5.41, 5.74) is 0. The molecule has 9 heavy (non-hydrogen) atoms. The molecule has 1 aliphatic carbocycles. The van der Waals surface area contributed by atoms with Crippen LogP contribution in [0.1, 0.15) is 26.2 Å². The third-order valence-electron chi connectivity index (χ3n) is 1.90. The van der Waals surface area contributed by atoms with Gasteiger partial charge in [0, 0.05) is 0 Å². The highest BCUT2D eigenvalue weighted by molar-refractivity contribution is 7.78. The lowest BCUT2D eigenvalue weighted by molar-refractivity contribution is 0.595. The third-order valence-corrected chi connectivity index (χ3v) is 2.01. The molecule has 1 aliphatic rings. The first-order valence-electron chi connectivity index (χ1n) is 3.40. The SMILES string of the molecule is CC1CCC(N=C=S)C1. The molecule has 0 aromatic carbocycles. The van der Waals surface area contributed by atoms with Crippen LogP contribution in [0.2, 0.25) is 0 Å². The van der Waals surface area contributed by atoms with Gasteiger partial charge in [0.25, 0.3) is 0 Å². The Hall–Kier alpha value is -0.200. The molecule has 1 fully saturated rings. The summed E-state index contributed by atoms with van der Waals surface area (Å²) >= 11 is 4.51. The van der Waals surface area contributed by atoms with Crippen molar-refractivity contribution < 1.29 is 0 Å². The van der Waals surface area contributed by atoms with E-state index in [9.17, 15) is 0 Å². The van der Waals surface area contributed by atoms with Gasteiger partial charge in [-0.05, 0) is 37.4 Å². The van der Waals surface area contributed by atoms with Gasteiger partial charge in [-0.25, -0.2) is 4.99 Å². The van der Waals surface area contributed by atoms with Crippen molar-refractivity contribution in [1.29, 1.82) is 0 Å². The molecule has 0 aromatic rings. The lowest BCUT2D eigenvalue weighted by Gasteiger charge is -1.97. The zero-order chi connectivity index (χ0) is 6.69. The molecule has 1 saturated carbocycles. The van der Waals surface area contributed by atoms with Crippen molar-refractivity contribution >= 4 is 17.4 Å². The molecule has 2 heteroatoms. The second kappa shape index (κ2) is 3.09. The second-order valence-corrected chi connectivity index (χ2v) is 2.98. The van der Waals surface area contributed by atoms with E-state index in [0.717, 1.165) is 5.92 Å². The first kappa shape index (κ1) is 6.91. The Morgan fingerprint density at radius 2 is 2.33 bits per heavy atom. The minimum Gasteiger partial charge on any atom is -0.229 e. The summed E-state index contributed by atoms with van der Waals surface area (Å²) in [6.07, 6.45) is 3.74. The molecule has 1 rings (SSSR count). The van der Waals surface area contributed by atoms with Crippen molar-refractivity contribution in [1.82, 2.24) is 0 Å². The van der Waals surface area contributed by atoms with Crippen LogP contribution in [0.4, 0.5) is 0 Å². The maximum atomic E-state index is 4.51. The molecule has 0 N–H and O–H groups in total. The third kappa shape index (κ3) is 1.88. The van der Waals surface area contributed by atoms with Crippen LogP contribution < -0.4 is 0 Å². The highest BCUT2D eigenvalue weighted by atomic mass is 32.1. The molecule has 2 unspecified atom stereocenters. The Kier molecular flexibility index (Phi) is 2.38. The smallest absolute Gasteiger partial charge is 0.0605 e. The van der Waals surface area contributed by atoms with E-state index in [1.54, 1.807) is 0 Å². The maximum Gasteiger partial charge on any atom is 0.0605 e. The predicted molar refractivity (Wildman–Crippen MR) is 41.8 cm³/mol. The van der Waals surface area contributed by atoms with E-state index >= 15 is 0 Å². The number of hydrogen-bond acceptors (Lipinski definition) is 2. The minimum atomic E-state index is 0.498. The van der Waals surface area contributed by atoms with E-state index in [2.05, 4.69) is 29.3 Å². The van der Waals surface area contributed by atoms with Crippen molar-refractivity contribution in [3.63, 3.8) is 0 Å². The topological polar surface area (TPSA) is 12.4 Å². The van der Waals surface area contributed by atoms with Gasteiger partial charge in [-0.2, -0.15) is 0 Å². The molecule has 0 bridgehead atoms.